The van der Waals surface area contributed by atoms with Crippen LogP contribution in [0.1, 0.15) is 22.7 Å². The first-order valence-electron chi connectivity index (χ1n) is 10.2. The molecule has 150 valence electrons. The third-order valence-corrected chi connectivity index (χ3v) is 5.43. The second kappa shape index (κ2) is 8.28. The maximum atomic E-state index is 11.4. The molecule has 0 saturated carbocycles. The Hall–Kier alpha value is -4.18. The summed E-state index contributed by atoms with van der Waals surface area (Å²) in [5, 5.41) is 4.51. The van der Waals surface area contributed by atoms with E-state index in [0.29, 0.717) is 0 Å². The molecule has 1 aliphatic heterocycles. The normalized spacial score (nSPS) is 14.7. The first-order chi connectivity index (χ1) is 15.3. The van der Waals surface area contributed by atoms with Crippen molar-refractivity contribution in [1.29, 1.82) is 0 Å². The van der Waals surface area contributed by atoms with Gasteiger partial charge in [-0.15, -0.1) is 0 Å². The molecule has 1 heterocycles. The van der Waals surface area contributed by atoms with Gasteiger partial charge in [-0.05, 0) is 42.0 Å². The Balaban J connectivity index is 1.54. The second-order valence-electron chi connectivity index (χ2n) is 7.34. The number of hydrogen-bond donors (Lipinski definition) is 1. The Bertz CT molecular complexity index is 1180. The third kappa shape index (κ3) is 3.60. The van der Waals surface area contributed by atoms with Crippen LogP contribution in [0.3, 0.4) is 0 Å². The van der Waals surface area contributed by atoms with E-state index >= 15 is 0 Å². The van der Waals surface area contributed by atoms with Crippen molar-refractivity contribution in [2.75, 3.05) is 4.90 Å². The van der Waals surface area contributed by atoms with E-state index in [9.17, 15) is 4.79 Å². The summed E-state index contributed by atoms with van der Waals surface area (Å²) in [6.45, 7) is 0. The quantitative estimate of drug-likeness (QED) is 0.432. The van der Waals surface area contributed by atoms with Gasteiger partial charge in [-0.2, -0.15) is 5.10 Å². The molecule has 1 N–H and O–H groups in total. The summed E-state index contributed by atoms with van der Waals surface area (Å²) in [4.78, 5) is 13.6. The lowest BCUT2D eigenvalue weighted by Crippen LogP contribution is -2.27. The predicted octanol–water partition coefficient (Wildman–Crippen LogP) is 5.75. The van der Waals surface area contributed by atoms with Crippen LogP contribution in [0.25, 0.3) is 0 Å². The van der Waals surface area contributed by atoms with Crippen molar-refractivity contribution in [2.45, 2.75) is 6.04 Å². The van der Waals surface area contributed by atoms with Gasteiger partial charge in [0.1, 0.15) is 12.3 Å². The highest BCUT2D eigenvalue weighted by atomic mass is 16.1. The molecule has 0 bridgehead atoms. The molecule has 0 saturated heterocycles. The number of nitrogens with one attached hydrogen (secondary N) is 1. The zero-order valence-corrected chi connectivity index (χ0v) is 16.8. The van der Waals surface area contributed by atoms with E-state index in [1.807, 2.05) is 60.7 Å². The topological polar surface area (TPSA) is 44.7 Å². The monoisotopic (exact) mass is 403 g/mol. The SMILES string of the molecule is O=CC1NN=C(c2ccc(N(c3ccccc3)c3ccccc3)cc2)c2ccccc21. The van der Waals surface area contributed by atoms with Gasteiger partial charge < -0.3 is 9.69 Å². The number of carbonyl (C=O) groups excluding carboxylic acids is 1. The highest BCUT2D eigenvalue weighted by Gasteiger charge is 2.23. The van der Waals surface area contributed by atoms with E-state index < -0.39 is 6.04 Å². The number of hydrogen-bond acceptors (Lipinski definition) is 4. The van der Waals surface area contributed by atoms with Gasteiger partial charge >= 0.3 is 0 Å². The number of rotatable bonds is 5. The number of hydrazone groups is 1. The van der Waals surface area contributed by atoms with Gasteiger partial charge in [0.2, 0.25) is 0 Å². The summed E-state index contributed by atoms with van der Waals surface area (Å²) in [5.41, 5.74) is 9.98. The van der Waals surface area contributed by atoms with Gasteiger partial charge in [0.05, 0.1) is 5.71 Å². The van der Waals surface area contributed by atoms with Crippen molar-refractivity contribution < 1.29 is 4.79 Å². The number of para-hydroxylation sites is 2. The maximum absolute atomic E-state index is 11.4. The first kappa shape index (κ1) is 18.8. The van der Waals surface area contributed by atoms with E-state index in [2.05, 4.69) is 64.0 Å². The predicted molar refractivity (Wildman–Crippen MR) is 125 cm³/mol. The van der Waals surface area contributed by atoms with Gasteiger partial charge in [-0.3, -0.25) is 5.43 Å². The Morgan fingerprint density at radius 1 is 0.677 bits per heavy atom. The standard InChI is InChI=1S/C27H21N3O/c31-19-26-24-13-7-8-14-25(24)27(29-28-26)20-15-17-23(18-16-20)30(21-9-3-1-4-10-21)22-11-5-2-6-12-22/h1-19,26,28H. The third-order valence-electron chi connectivity index (χ3n) is 5.43. The van der Waals surface area contributed by atoms with Crippen molar-refractivity contribution in [1.82, 2.24) is 5.43 Å². The van der Waals surface area contributed by atoms with Crippen molar-refractivity contribution in [3.05, 3.63) is 126 Å². The molecule has 5 rings (SSSR count). The van der Waals surface area contributed by atoms with Gasteiger partial charge in [-0.25, -0.2) is 0 Å². The van der Waals surface area contributed by atoms with Crippen LogP contribution in [0.2, 0.25) is 0 Å². The average Bonchev–Trinajstić information content (AvgIpc) is 2.85. The number of aldehydes is 1. The lowest BCUT2D eigenvalue weighted by molar-refractivity contribution is -0.109. The van der Waals surface area contributed by atoms with Crippen LogP contribution < -0.4 is 10.3 Å². The van der Waals surface area contributed by atoms with E-state index in [-0.39, 0.29) is 0 Å². The summed E-state index contributed by atoms with van der Waals surface area (Å²) in [6.07, 6.45) is 0.889. The average molecular weight is 403 g/mol. The van der Waals surface area contributed by atoms with Crippen molar-refractivity contribution in [2.24, 2.45) is 5.10 Å². The molecule has 31 heavy (non-hydrogen) atoms. The minimum absolute atomic E-state index is 0.411. The van der Waals surface area contributed by atoms with Crippen LogP contribution in [-0.4, -0.2) is 12.0 Å². The lowest BCUT2D eigenvalue weighted by Gasteiger charge is -2.26. The molecule has 1 atom stereocenters. The number of anilines is 3. The Labute approximate surface area is 181 Å². The van der Waals surface area contributed by atoms with E-state index in [0.717, 1.165) is 45.8 Å². The van der Waals surface area contributed by atoms with E-state index in [1.165, 1.54) is 0 Å². The van der Waals surface area contributed by atoms with Crippen LogP contribution in [-0.2, 0) is 4.79 Å². The minimum Gasteiger partial charge on any atom is -0.311 e. The summed E-state index contributed by atoms with van der Waals surface area (Å²) in [5.74, 6) is 0. The largest absolute Gasteiger partial charge is 0.311 e. The number of nitrogens with zero attached hydrogens (tertiary/aromatic N) is 2. The van der Waals surface area contributed by atoms with Crippen molar-refractivity contribution in [3.8, 4) is 0 Å². The van der Waals surface area contributed by atoms with Crippen LogP contribution >= 0.6 is 0 Å². The highest BCUT2D eigenvalue weighted by molar-refractivity contribution is 6.14. The molecule has 0 amide bonds. The Kier molecular flexibility index (Phi) is 5.03. The second-order valence-corrected chi connectivity index (χ2v) is 7.34. The van der Waals surface area contributed by atoms with E-state index in [4.69, 9.17) is 0 Å². The number of carbonyl (C=O) groups is 1. The Morgan fingerprint density at radius 2 is 1.23 bits per heavy atom. The molecule has 0 spiro atoms. The summed E-state index contributed by atoms with van der Waals surface area (Å²) in [6, 6.07) is 36.5. The number of fused-ring (bicyclic) bond motifs is 1. The summed E-state index contributed by atoms with van der Waals surface area (Å²) >= 11 is 0. The molecule has 4 heteroatoms. The lowest BCUT2D eigenvalue weighted by atomic mass is 9.93. The molecule has 4 nitrogen and oxygen atoms in total. The van der Waals surface area contributed by atoms with E-state index in [1.54, 1.807) is 0 Å². The van der Waals surface area contributed by atoms with Crippen LogP contribution in [0, 0.1) is 0 Å². The van der Waals surface area contributed by atoms with Gasteiger partial charge in [0, 0.05) is 28.2 Å². The van der Waals surface area contributed by atoms with Gasteiger partial charge in [0.15, 0.2) is 0 Å². The van der Waals surface area contributed by atoms with Crippen LogP contribution in [0.5, 0.6) is 0 Å². The molecule has 4 aromatic carbocycles. The first-order valence-corrected chi connectivity index (χ1v) is 10.2. The van der Waals surface area contributed by atoms with Crippen LogP contribution in [0.15, 0.2) is 114 Å². The van der Waals surface area contributed by atoms with Gasteiger partial charge in [0.25, 0.3) is 0 Å². The van der Waals surface area contributed by atoms with Crippen LogP contribution in [0.4, 0.5) is 17.1 Å². The molecular weight excluding hydrogens is 382 g/mol. The smallest absolute Gasteiger partial charge is 0.148 e. The summed E-state index contributed by atoms with van der Waals surface area (Å²) < 4.78 is 0. The Morgan fingerprint density at radius 3 is 1.84 bits per heavy atom. The fourth-order valence-corrected chi connectivity index (χ4v) is 3.94. The molecule has 0 aliphatic carbocycles. The fraction of sp³-hybridized carbons (Fsp3) is 0.0370. The fourth-order valence-electron chi connectivity index (χ4n) is 3.94. The van der Waals surface area contributed by atoms with Gasteiger partial charge in [-0.1, -0.05) is 72.8 Å². The zero-order valence-electron chi connectivity index (χ0n) is 16.8. The maximum Gasteiger partial charge on any atom is 0.148 e. The highest BCUT2D eigenvalue weighted by Crippen LogP contribution is 2.34. The molecule has 0 aromatic heterocycles. The molecule has 0 fully saturated rings. The number of benzene rings is 4. The molecule has 0 radical (unpaired) electrons. The summed E-state index contributed by atoms with van der Waals surface area (Å²) in [7, 11) is 0. The molecule has 4 aromatic rings. The molecule has 1 unspecified atom stereocenters. The van der Waals surface area contributed by atoms with Crippen molar-refractivity contribution >= 4 is 29.1 Å². The molecule has 1 aliphatic rings. The molecular formula is C27H21N3O. The zero-order chi connectivity index (χ0) is 21.0. The van der Waals surface area contributed by atoms with Crippen molar-refractivity contribution in [3.63, 3.8) is 0 Å². The minimum atomic E-state index is -0.411.